The van der Waals surface area contributed by atoms with Gasteiger partial charge in [-0.2, -0.15) is 0 Å². The second-order valence-corrected chi connectivity index (χ2v) is 6.99. The normalized spacial score (nSPS) is 10.7. The minimum absolute atomic E-state index is 0.0592. The Morgan fingerprint density at radius 2 is 1.59 bits per heavy atom. The number of aromatic carboxylic acids is 1. The van der Waals surface area contributed by atoms with Crippen LogP contribution in [0.15, 0.2) is 84.9 Å². The van der Waals surface area contributed by atoms with E-state index in [1.165, 1.54) is 18.2 Å². The lowest BCUT2D eigenvalue weighted by atomic mass is 9.97. The Balaban J connectivity index is 1.69. The Labute approximate surface area is 172 Å². The largest absolute Gasteiger partial charge is 0.478 e. The summed E-state index contributed by atoms with van der Waals surface area (Å²) in [7, 11) is 0. The van der Waals surface area contributed by atoms with E-state index in [9.17, 15) is 14.7 Å². The third-order valence-electron chi connectivity index (χ3n) is 4.69. The van der Waals surface area contributed by atoms with E-state index in [0.29, 0.717) is 10.6 Å². The predicted molar refractivity (Wildman–Crippen MR) is 116 cm³/mol. The fourth-order valence-corrected chi connectivity index (χ4v) is 3.47. The second kappa shape index (κ2) is 7.78. The Morgan fingerprint density at radius 1 is 0.828 bits per heavy atom. The molecule has 29 heavy (non-hydrogen) atoms. The Hall–Kier alpha value is -3.63. The second-order valence-electron chi connectivity index (χ2n) is 6.56. The van der Waals surface area contributed by atoms with Crippen molar-refractivity contribution in [3.8, 4) is 11.1 Å². The Kier molecular flexibility index (Phi) is 5.02. The van der Waals surface area contributed by atoms with Crippen molar-refractivity contribution in [2.75, 3.05) is 5.32 Å². The maximum atomic E-state index is 12.8. The van der Waals surface area contributed by atoms with Crippen molar-refractivity contribution in [2.24, 2.45) is 0 Å². The van der Waals surface area contributed by atoms with E-state index in [1.54, 1.807) is 12.1 Å². The van der Waals surface area contributed by atoms with E-state index in [1.807, 2.05) is 54.6 Å². The summed E-state index contributed by atoms with van der Waals surface area (Å²) in [6.07, 6.45) is 0. The highest BCUT2D eigenvalue weighted by Gasteiger charge is 2.15. The molecule has 0 saturated carbocycles. The SMILES string of the molecule is O=C(Nc1ccc(Cl)cc1C(=O)O)c1cccc(-c2cccc3ccccc23)c1. The number of benzene rings is 4. The van der Waals surface area contributed by atoms with Gasteiger partial charge in [0.15, 0.2) is 0 Å². The molecule has 0 bridgehead atoms. The molecule has 0 saturated heterocycles. The minimum atomic E-state index is -1.16. The zero-order chi connectivity index (χ0) is 20.4. The highest BCUT2D eigenvalue weighted by atomic mass is 35.5. The molecule has 2 N–H and O–H groups in total. The molecule has 0 aliphatic carbocycles. The summed E-state index contributed by atoms with van der Waals surface area (Å²) < 4.78 is 0. The molecule has 4 aromatic rings. The van der Waals surface area contributed by atoms with Crippen LogP contribution in [0.4, 0.5) is 5.69 Å². The number of hydrogen-bond donors (Lipinski definition) is 2. The number of carbonyl (C=O) groups excluding carboxylic acids is 1. The monoisotopic (exact) mass is 401 g/mol. The van der Waals surface area contributed by atoms with Crippen LogP contribution in [-0.2, 0) is 0 Å². The molecule has 5 heteroatoms. The predicted octanol–water partition coefficient (Wildman–Crippen LogP) is 6.11. The van der Waals surface area contributed by atoms with Gasteiger partial charge in [0.25, 0.3) is 5.91 Å². The lowest BCUT2D eigenvalue weighted by Gasteiger charge is -2.11. The van der Waals surface area contributed by atoms with Gasteiger partial charge in [-0.1, -0.05) is 66.2 Å². The van der Waals surface area contributed by atoms with Crippen LogP contribution in [0.1, 0.15) is 20.7 Å². The topological polar surface area (TPSA) is 66.4 Å². The van der Waals surface area contributed by atoms with Crippen LogP contribution in [0.2, 0.25) is 5.02 Å². The van der Waals surface area contributed by atoms with Crippen LogP contribution in [0.3, 0.4) is 0 Å². The molecular weight excluding hydrogens is 386 g/mol. The lowest BCUT2D eigenvalue weighted by Crippen LogP contribution is -2.14. The number of fused-ring (bicyclic) bond motifs is 1. The molecule has 0 unspecified atom stereocenters. The highest BCUT2D eigenvalue weighted by Crippen LogP contribution is 2.29. The van der Waals surface area contributed by atoms with E-state index < -0.39 is 11.9 Å². The van der Waals surface area contributed by atoms with Gasteiger partial charge in [-0.25, -0.2) is 4.79 Å². The van der Waals surface area contributed by atoms with Crippen molar-refractivity contribution in [1.29, 1.82) is 0 Å². The van der Waals surface area contributed by atoms with Crippen molar-refractivity contribution in [1.82, 2.24) is 0 Å². The van der Waals surface area contributed by atoms with Gasteiger partial charge >= 0.3 is 5.97 Å². The zero-order valence-electron chi connectivity index (χ0n) is 15.2. The average Bonchev–Trinajstić information content (AvgIpc) is 2.74. The van der Waals surface area contributed by atoms with Crippen molar-refractivity contribution in [2.45, 2.75) is 0 Å². The number of carboxylic acid groups (broad SMARTS) is 1. The van der Waals surface area contributed by atoms with Gasteiger partial charge in [0, 0.05) is 10.6 Å². The van der Waals surface area contributed by atoms with E-state index in [2.05, 4.69) is 5.32 Å². The summed E-state index contributed by atoms with van der Waals surface area (Å²) in [5, 5.41) is 14.5. The summed E-state index contributed by atoms with van der Waals surface area (Å²) in [5.74, 6) is -1.55. The Morgan fingerprint density at radius 3 is 2.41 bits per heavy atom. The van der Waals surface area contributed by atoms with Crippen LogP contribution in [-0.4, -0.2) is 17.0 Å². The molecule has 0 atom stereocenters. The number of halogens is 1. The molecule has 0 heterocycles. The van der Waals surface area contributed by atoms with Gasteiger partial charge in [0.2, 0.25) is 0 Å². The van der Waals surface area contributed by atoms with Crippen molar-refractivity contribution >= 4 is 39.9 Å². The first-order valence-electron chi connectivity index (χ1n) is 8.95. The quantitative estimate of drug-likeness (QED) is 0.433. The van der Waals surface area contributed by atoms with Gasteiger partial charge in [0.05, 0.1) is 11.3 Å². The number of carboxylic acids is 1. The molecule has 4 aromatic carbocycles. The van der Waals surface area contributed by atoms with Crippen LogP contribution in [0.5, 0.6) is 0 Å². The lowest BCUT2D eigenvalue weighted by molar-refractivity contribution is 0.0698. The van der Waals surface area contributed by atoms with Crippen LogP contribution in [0, 0.1) is 0 Å². The fourth-order valence-electron chi connectivity index (χ4n) is 3.30. The summed E-state index contributed by atoms with van der Waals surface area (Å²) in [6, 6.07) is 25.7. The molecule has 0 aliphatic rings. The molecule has 0 aliphatic heterocycles. The van der Waals surface area contributed by atoms with Crippen molar-refractivity contribution in [3.05, 3.63) is 101 Å². The Bertz CT molecular complexity index is 1240. The van der Waals surface area contributed by atoms with E-state index in [0.717, 1.165) is 21.9 Å². The van der Waals surface area contributed by atoms with Gasteiger partial charge < -0.3 is 10.4 Å². The molecule has 4 nitrogen and oxygen atoms in total. The molecule has 0 aromatic heterocycles. The number of rotatable bonds is 4. The molecule has 0 spiro atoms. The number of nitrogens with one attached hydrogen (secondary N) is 1. The molecule has 1 amide bonds. The molecule has 0 radical (unpaired) electrons. The summed E-state index contributed by atoms with van der Waals surface area (Å²) in [5.41, 5.74) is 2.50. The standard InChI is InChI=1S/C24H16ClNO3/c25-18-11-12-22(21(14-18)24(28)29)26-23(27)17-8-3-7-16(13-17)20-10-4-6-15-5-1-2-9-19(15)20/h1-14H,(H,26,27)(H,28,29). The summed E-state index contributed by atoms with van der Waals surface area (Å²) >= 11 is 5.87. The molecule has 4 rings (SSSR count). The zero-order valence-corrected chi connectivity index (χ0v) is 16.0. The van der Waals surface area contributed by atoms with Crippen LogP contribution >= 0.6 is 11.6 Å². The first kappa shape index (κ1) is 18.7. The van der Waals surface area contributed by atoms with Gasteiger partial charge in [-0.05, 0) is 52.2 Å². The minimum Gasteiger partial charge on any atom is -0.478 e. The van der Waals surface area contributed by atoms with Gasteiger partial charge in [-0.15, -0.1) is 0 Å². The van der Waals surface area contributed by atoms with E-state index in [-0.39, 0.29) is 11.3 Å². The van der Waals surface area contributed by atoms with E-state index >= 15 is 0 Å². The highest BCUT2D eigenvalue weighted by molar-refractivity contribution is 6.31. The molecule has 142 valence electrons. The number of anilines is 1. The summed E-state index contributed by atoms with van der Waals surface area (Å²) in [4.78, 5) is 24.2. The maximum Gasteiger partial charge on any atom is 0.337 e. The number of amides is 1. The van der Waals surface area contributed by atoms with Gasteiger partial charge in [-0.3, -0.25) is 4.79 Å². The smallest absolute Gasteiger partial charge is 0.337 e. The van der Waals surface area contributed by atoms with Crippen LogP contribution in [0.25, 0.3) is 21.9 Å². The first-order chi connectivity index (χ1) is 14.0. The molecule has 0 fully saturated rings. The van der Waals surface area contributed by atoms with E-state index in [4.69, 9.17) is 11.6 Å². The fraction of sp³-hybridized carbons (Fsp3) is 0. The number of carbonyl (C=O) groups is 2. The third-order valence-corrected chi connectivity index (χ3v) is 4.92. The maximum absolute atomic E-state index is 12.8. The first-order valence-corrected chi connectivity index (χ1v) is 9.33. The third kappa shape index (κ3) is 3.84. The van der Waals surface area contributed by atoms with Crippen molar-refractivity contribution in [3.63, 3.8) is 0 Å². The average molecular weight is 402 g/mol. The van der Waals surface area contributed by atoms with Crippen molar-refractivity contribution < 1.29 is 14.7 Å². The molecular formula is C24H16ClNO3. The number of hydrogen-bond acceptors (Lipinski definition) is 2. The van der Waals surface area contributed by atoms with Crippen LogP contribution < -0.4 is 5.32 Å². The van der Waals surface area contributed by atoms with Gasteiger partial charge in [0.1, 0.15) is 0 Å². The summed E-state index contributed by atoms with van der Waals surface area (Å²) in [6.45, 7) is 0.